The highest BCUT2D eigenvalue weighted by Crippen LogP contribution is 2.04. The smallest absolute Gasteiger partial charge is 0.330 e. The maximum atomic E-state index is 10.9. The number of carboxylic acids is 1. The van der Waals surface area contributed by atoms with E-state index < -0.39 is 18.0 Å². The predicted molar refractivity (Wildman–Crippen MR) is 52.6 cm³/mol. The van der Waals surface area contributed by atoms with Gasteiger partial charge in [-0.2, -0.15) is 0 Å². The zero-order valence-corrected chi connectivity index (χ0v) is 9.36. The van der Waals surface area contributed by atoms with Crippen LogP contribution >= 0.6 is 0 Å². The molecule has 5 nitrogen and oxygen atoms in total. The summed E-state index contributed by atoms with van der Waals surface area (Å²) in [6.45, 7) is 3.66. The average Bonchev–Trinajstić information content (AvgIpc) is 1.99. The minimum atomic E-state index is -1.23. The highest BCUT2D eigenvalue weighted by atomic mass is 16.5. The minimum absolute atomic E-state index is 0.297. The summed E-state index contributed by atoms with van der Waals surface area (Å²) in [5.41, 5.74) is 0. The van der Waals surface area contributed by atoms with Gasteiger partial charge in [-0.3, -0.25) is 0 Å². The van der Waals surface area contributed by atoms with Crippen LogP contribution in [0.25, 0.3) is 0 Å². The quantitative estimate of drug-likeness (QED) is 0.321. The summed E-state index contributed by atoms with van der Waals surface area (Å²) in [6.07, 6.45) is 0.0352. The van der Waals surface area contributed by atoms with Gasteiger partial charge in [-0.05, 0) is 0 Å². The van der Waals surface area contributed by atoms with Crippen LogP contribution in [0, 0.1) is 0 Å². The normalized spacial score (nSPS) is 13.0. The van der Waals surface area contributed by atoms with Crippen LogP contribution in [0.5, 0.6) is 0 Å². The number of rotatable bonds is 6. The van der Waals surface area contributed by atoms with E-state index in [0.29, 0.717) is 11.0 Å². The van der Waals surface area contributed by atoms with Crippen molar-refractivity contribution in [3.05, 3.63) is 12.7 Å². The van der Waals surface area contributed by atoms with Gasteiger partial charge in [0.2, 0.25) is 0 Å². The summed E-state index contributed by atoms with van der Waals surface area (Å²) in [5.74, 6) is -1.85. The highest BCUT2D eigenvalue weighted by molar-refractivity contribution is 5.81. The van der Waals surface area contributed by atoms with Crippen molar-refractivity contribution in [3.8, 4) is 0 Å². The van der Waals surface area contributed by atoms with E-state index in [1.165, 1.54) is 0 Å². The summed E-state index contributed by atoms with van der Waals surface area (Å²) in [7, 11) is 5.64. The number of carbonyl (C=O) groups excluding carboxylic acids is 2. The maximum Gasteiger partial charge on any atom is 0.330 e. The molecular formula is C10H17NO4. The Hall–Kier alpha value is -1.36. The molecule has 0 saturated heterocycles. The van der Waals surface area contributed by atoms with Gasteiger partial charge in [0.05, 0.1) is 21.1 Å². The molecule has 0 bridgehead atoms. The van der Waals surface area contributed by atoms with Crippen molar-refractivity contribution in [1.82, 2.24) is 0 Å². The zero-order chi connectivity index (χ0) is 12.1. The first-order valence-corrected chi connectivity index (χ1v) is 4.58. The van der Waals surface area contributed by atoms with Gasteiger partial charge in [-0.15, -0.1) is 0 Å². The lowest BCUT2D eigenvalue weighted by molar-refractivity contribution is -0.873. The Morgan fingerprint density at radius 3 is 2.33 bits per heavy atom. The molecule has 86 valence electrons. The molecule has 15 heavy (non-hydrogen) atoms. The van der Waals surface area contributed by atoms with Gasteiger partial charge < -0.3 is 19.1 Å². The zero-order valence-electron chi connectivity index (χ0n) is 9.36. The minimum Gasteiger partial charge on any atom is -0.550 e. The molecule has 0 spiro atoms. The topological polar surface area (TPSA) is 66.4 Å². The molecule has 1 atom stereocenters. The van der Waals surface area contributed by atoms with Crippen LogP contribution in [0.15, 0.2) is 12.7 Å². The second-order valence-corrected chi connectivity index (χ2v) is 4.31. The van der Waals surface area contributed by atoms with E-state index in [2.05, 4.69) is 6.58 Å². The molecule has 0 aliphatic heterocycles. The molecule has 0 aromatic heterocycles. The SMILES string of the molecule is C=CC(=O)O[C@H](CC(=O)[O-])C[N+](C)(C)C. The van der Waals surface area contributed by atoms with E-state index in [1.54, 1.807) is 0 Å². The summed E-state index contributed by atoms with van der Waals surface area (Å²) in [6, 6.07) is 0. The molecule has 0 aromatic rings. The van der Waals surface area contributed by atoms with E-state index >= 15 is 0 Å². The second-order valence-electron chi connectivity index (χ2n) is 4.31. The number of esters is 1. The third-order valence-corrected chi connectivity index (χ3v) is 1.60. The number of likely N-dealkylation sites (N-methyl/N-ethyl adjacent to an activating group) is 1. The first-order chi connectivity index (χ1) is 6.74. The lowest BCUT2D eigenvalue weighted by Gasteiger charge is -2.28. The first-order valence-electron chi connectivity index (χ1n) is 4.58. The molecular weight excluding hydrogens is 198 g/mol. The number of quaternary nitrogens is 1. The monoisotopic (exact) mass is 215 g/mol. The Bertz CT molecular complexity index is 255. The van der Waals surface area contributed by atoms with Gasteiger partial charge in [0.25, 0.3) is 0 Å². The number of carbonyl (C=O) groups is 2. The number of ether oxygens (including phenoxy) is 1. The molecule has 0 aliphatic rings. The predicted octanol–water partition coefficient (Wildman–Crippen LogP) is -1.07. The number of aliphatic carboxylic acids is 1. The summed E-state index contributed by atoms with van der Waals surface area (Å²) in [4.78, 5) is 21.4. The fraction of sp³-hybridized carbons (Fsp3) is 0.600. The van der Waals surface area contributed by atoms with Gasteiger partial charge in [0.1, 0.15) is 6.54 Å². The van der Waals surface area contributed by atoms with Crippen molar-refractivity contribution < 1.29 is 23.9 Å². The van der Waals surface area contributed by atoms with Crippen LogP contribution in [0.4, 0.5) is 0 Å². The highest BCUT2D eigenvalue weighted by Gasteiger charge is 2.21. The Balaban J connectivity index is 4.37. The Labute approximate surface area is 89.5 Å². The molecule has 5 heteroatoms. The molecule has 0 fully saturated rings. The third kappa shape index (κ3) is 7.69. The molecule has 0 saturated carbocycles. The number of hydrogen-bond acceptors (Lipinski definition) is 4. The van der Waals surface area contributed by atoms with E-state index in [4.69, 9.17) is 4.74 Å². The van der Waals surface area contributed by atoms with Crippen LogP contribution in [0.2, 0.25) is 0 Å². The fourth-order valence-corrected chi connectivity index (χ4v) is 1.15. The van der Waals surface area contributed by atoms with Crippen molar-refractivity contribution in [3.63, 3.8) is 0 Å². The van der Waals surface area contributed by atoms with Crippen molar-refractivity contribution in [2.45, 2.75) is 12.5 Å². The van der Waals surface area contributed by atoms with E-state index in [1.807, 2.05) is 21.1 Å². The molecule has 0 N–H and O–H groups in total. The van der Waals surface area contributed by atoms with Gasteiger partial charge in [-0.1, -0.05) is 6.58 Å². The number of nitrogens with zero attached hydrogens (tertiary/aromatic N) is 1. The molecule has 0 amide bonds. The Kier molecular flexibility index (Phi) is 5.00. The molecule has 0 aromatic carbocycles. The van der Waals surface area contributed by atoms with Crippen LogP contribution in [0.3, 0.4) is 0 Å². The molecule has 0 heterocycles. The van der Waals surface area contributed by atoms with Crippen LogP contribution in [-0.2, 0) is 14.3 Å². The van der Waals surface area contributed by atoms with Crippen molar-refractivity contribution in [1.29, 1.82) is 0 Å². The standard InChI is InChI=1S/C10H17NO4/c1-5-10(14)15-8(6-9(12)13)7-11(2,3)4/h5,8H,1,6-7H2,2-4H3/t8-/m1/s1. The Morgan fingerprint density at radius 1 is 1.47 bits per heavy atom. The molecule has 0 aliphatic carbocycles. The largest absolute Gasteiger partial charge is 0.550 e. The number of hydrogen-bond donors (Lipinski definition) is 0. The second kappa shape index (κ2) is 5.50. The molecule has 0 unspecified atom stereocenters. The molecule has 0 radical (unpaired) electrons. The van der Waals surface area contributed by atoms with Crippen LogP contribution in [0.1, 0.15) is 6.42 Å². The summed E-state index contributed by atoms with van der Waals surface area (Å²) in [5, 5.41) is 10.4. The third-order valence-electron chi connectivity index (χ3n) is 1.60. The van der Waals surface area contributed by atoms with Crippen molar-refractivity contribution >= 4 is 11.9 Å². The first kappa shape index (κ1) is 13.6. The lowest BCUT2D eigenvalue weighted by Crippen LogP contribution is -2.45. The van der Waals surface area contributed by atoms with Crippen molar-refractivity contribution in [2.24, 2.45) is 0 Å². The van der Waals surface area contributed by atoms with E-state index in [9.17, 15) is 14.7 Å². The van der Waals surface area contributed by atoms with Crippen LogP contribution in [-0.4, -0.2) is 50.2 Å². The van der Waals surface area contributed by atoms with E-state index in [-0.39, 0.29) is 6.42 Å². The van der Waals surface area contributed by atoms with Gasteiger partial charge >= 0.3 is 5.97 Å². The fourth-order valence-electron chi connectivity index (χ4n) is 1.15. The van der Waals surface area contributed by atoms with Gasteiger partial charge in [-0.25, -0.2) is 4.79 Å². The van der Waals surface area contributed by atoms with Gasteiger partial charge in [0, 0.05) is 18.5 Å². The van der Waals surface area contributed by atoms with Crippen LogP contribution < -0.4 is 5.11 Å². The van der Waals surface area contributed by atoms with Crippen molar-refractivity contribution in [2.75, 3.05) is 27.7 Å². The number of carboxylic acid groups (broad SMARTS) is 1. The lowest BCUT2D eigenvalue weighted by atomic mass is 10.2. The summed E-state index contributed by atoms with van der Waals surface area (Å²) >= 11 is 0. The Morgan fingerprint density at radius 2 is 2.00 bits per heavy atom. The van der Waals surface area contributed by atoms with E-state index in [0.717, 1.165) is 6.08 Å². The molecule has 0 rings (SSSR count). The van der Waals surface area contributed by atoms with Gasteiger partial charge in [0.15, 0.2) is 6.10 Å². The summed E-state index contributed by atoms with van der Waals surface area (Å²) < 4.78 is 5.40. The maximum absolute atomic E-state index is 10.9. The average molecular weight is 215 g/mol.